The van der Waals surface area contributed by atoms with Gasteiger partial charge in [-0.25, -0.2) is 4.39 Å². The molecule has 0 spiro atoms. The number of alkyl halides is 1. The standard InChI is InChI=1S/C12H23FN2O/c1-8(2)11(14-12(16)9(3)4)7-15-5-10(13)6-15/h8-11H,5-7H2,1-4H3,(H,14,16). The van der Waals surface area contributed by atoms with Crippen molar-refractivity contribution in [3.05, 3.63) is 0 Å². The number of nitrogens with zero attached hydrogens (tertiary/aromatic N) is 1. The SMILES string of the molecule is CC(C)C(=O)NC(CN1CC(F)C1)C(C)C. The molecular formula is C12H23FN2O. The zero-order chi connectivity index (χ0) is 12.3. The van der Waals surface area contributed by atoms with Crippen LogP contribution in [0.2, 0.25) is 0 Å². The average Bonchev–Trinajstić information content (AvgIpc) is 2.13. The van der Waals surface area contributed by atoms with E-state index in [1.54, 1.807) is 0 Å². The minimum atomic E-state index is -0.673. The van der Waals surface area contributed by atoms with E-state index in [1.807, 2.05) is 13.8 Å². The summed E-state index contributed by atoms with van der Waals surface area (Å²) >= 11 is 0. The number of amides is 1. The Morgan fingerprint density at radius 2 is 1.94 bits per heavy atom. The Bertz CT molecular complexity index is 237. The zero-order valence-electron chi connectivity index (χ0n) is 10.7. The maximum absolute atomic E-state index is 12.7. The molecule has 3 nitrogen and oxygen atoms in total. The molecule has 1 aliphatic rings. The van der Waals surface area contributed by atoms with E-state index in [0.29, 0.717) is 19.0 Å². The molecule has 0 aromatic carbocycles. The third-order valence-electron chi connectivity index (χ3n) is 3.02. The molecule has 0 aromatic rings. The molecule has 1 saturated heterocycles. The third-order valence-corrected chi connectivity index (χ3v) is 3.02. The number of hydrogen-bond acceptors (Lipinski definition) is 2. The molecule has 94 valence electrons. The van der Waals surface area contributed by atoms with Crippen molar-refractivity contribution in [3.63, 3.8) is 0 Å². The predicted molar refractivity (Wildman–Crippen MR) is 62.9 cm³/mol. The molecule has 16 heavy (non-hydrogen) atoms. The van der Waals surface area contributed by atoms with Crippen LogP contribution >= 0.6 is 0 Å². The van der Waals surface area contributed by atoms with E-state index >= 15 is 0 Å². The Morgan fingerprint density at radius 3 is 2.31 bits per heavy atom. The lowest BCUT2D eigenvalue weighted by atomic mass is 10.0. The topological polar surface area (TPSA) is 32.3 Å². The smallest absolute Gasteiger partial charge is 0.222 e. The fraction of sp³-hybridized carbons (Fsp3) is 0.917. The van der Waals surface area contributed by atoms with Gasteiger partial charge in [0.25, 0.3) is 0 Å². The summed E-state index contributed by atoms with van der Waals surface area (Å²) in [6.45, 7) is 9.72. The van der Waals surface area contributed by atoms with Crippen LogP contribution in [0, 0.1) is 11.8 Å². The highest BCUT2D eigenvalue weighted by atomic mass is 19.1. The number of carbonyl (C=O) groups excluding carboxylic acids is 1. The second-order valence-electron chi connectivity index (χ2n) is 5.33. The number of rotatable bonds is 5. The number of hydrogen-bond donors (Lipinski definition) is 1. The van der Waals surface area contributed by atoms with Crippen LogP contribution in [0.25, 0.3) is 0 Å². The highest BCUT2D eigenvalue weighted by molar-refractivity contribution is 5.78. The lowest BCUT2D eigenvalue weighted by molar-refractivity contribution is -0.125. The highest BCUT2D eigenvalue weighted by Crippen LogP contribution is 2.14. The molecule has 1 amide bonds. The van der Waals surface area contributed by atoms with Crippen LogP contribution in [-0.2, 0) is 4.79 Å². The largest absolute Gasteiger partial charge is 0.352 e. The Morgan fingerprint density at radius 1 is 1.38 bits per heavy atom. The average molecular weight is 230 g/mol. The molecule has 0 radical (unpaired) electrons. The van der Waals surface area contributed by atoms with Gasteiger partial charge in [-0.15, -0.1) is 0 Å². The first-order valence-corrected chi connectivity index (χ1v) is 6.07. The van der Waals surface area contributed by atoms with Gasteiger partial charge in [-0.1, -0.05) is 27.7 Å². The van der Waals surface area contributed by atoms with Crippen molar-refractivity contribution in [1.82, 2.24) is 10.2 Å². The van der Waals surface area contributed by atoms with E-state index in [1.165, 1.54) is 0 Å². The van der Waals surface area contributed by atoms with Crippen molar-refractivity contribution in [3.8, 4) is 0 Å². The molecule has 1 fully saturated rings. The second-order valence-corrected chi connectivity index (χ2v) is 5.33. The van der Waals surface area contributed by atoms with Crippen molar-refractivity contribution in [1.29, 1.82) is 0 Å². The van der Waals surface area contributed by atoms with Crippen LogP contribution in [-0.4, -0.2) is 42.7 Å². The molecule has 1 heterocycles. The van der Waals surface area contributed by atoms with Crippen LogP contribution in [0.5, 0.6) is 0 Å². The van der Waals surface area contributed by atoms with E-state index in [4.69, 9.17) is 0 Å². The summed E-state index contributed by atoms with van der Waals surface area (Å²) in [6, 6.07) is 0.127. The molecule has 1 atom stereocenters. The van der Waals surface area contributed by atoms with Gasteiger partial charge in [-0.3, -0.25) is 9.69 Å². The Kier molecular flexibility index (Phi) is 4.71. The summed E-state index contributed by atoms with van der Waals surface area (Å²) in [5, 5.41) is 3.03. The fourth-order valence-electron chi connectivity index (χ4n) is 1.71. The van der Waals surface area contributed by atoms with E-state index < -0.39 is 6.17 Å². The molecule has 0 aromatic heterocycles. The van der Waals surface area contributed by atoms with Crippen molar-refractivity contribution in [2.45, 2.75) is 39.9 Å². The number of likely N-dealkylation sites (tertiary alicyclic amines) is 1. The van der Waals surface area contributed by atoms with Crippen molar-refractivity contribution < 1.29 is 9.18 Å². The fourth-order valence-corrected chi connectivity index (χ4v) is 1.71. The minimum Gasteiger partial charge on any atom is -0.352 e. The number of nitrogens with one attached hydrogen (secondary N) is 1. The summed E-state index contributed by atoms with van der Waals surface area (Å²) in [7, 11) is 0. The summed E-state index contributed by atoms with van der Waals surface area (Å²) in [6.07, 6.45) is -0.673. The van der Waals surface area contributed by atoms with Crippen molar-refractivity contribution >= 4 is 5.91 Å². The molecule has 1 rings (SSSR count). The molecule has 0 bridgehead atoms. The lowest BCUT2D eigenvalue weighted by Crippen LogP contribution is -2.55. The monoisotopic (exact) mass is 230 g/mol. The molecule has 0 saturated carbocycles. The van der Waals surface area contributed by atoms with E-state index in [0.717, 1.165) is 6.54 Å². The van der Waals surface area contributed by atoms with Crippen LogP contribution in [0.1, 0.15) is 27.7 Å². The first-order chi connectivity index (χ1) is 7.40. The molecule has 4 heteroatoms. The van der Waals surface area contributed by atoms with E-state index in [9.17, 15) is 9.18 Å². The van der Waals surface area contributed by atoms with Crippen LogP contribution in [0.4, 0.5) is 4.39 Å². The molecule has 1 unspecified atom stereocenters. The predicted octanol–water partition coefficient (Wildman–Crippen LogP) is 1.44. The first-order valence-electron chi connectivity index (χ1n) is 6.07. The maximum atomic E-state index is 12.7. The lowest BCUT2D eigenvalue weighted by Gasteiger charge is -2.38. The van der Waals surface area contributed by atoms with Gasteiger partial charge >= 0.3 is 0 Å². The molecule has 1 aliphatic heterocycles. The van der Waals surface area contributed by atoms with Gasteiger partial charge in [-0.05, 0) is 5.92 Å². The summed E-state index contributed by atoms with van der Waals surface area (Å²) in [5.74, 6) is 0.462. The third kappa shape index (κ3) is 3.74. The summed E-state index contributed by atoms with van der Waals surface area (Å²) in [5.41, 5.74) is 0. The van der Waals surface area contributed by atoms with Gasteiger partial charge in [0, 0.05) is 31.6 Å². The van der Waals surface area contributed by atoms with Crippen molar-refractivity contribution in [2.75, 3.05) is 19.6 Å². The van der Waals surface area contributed by atoms with Gasteiger partial charge in [0.2, 0.25) is 5.91 Å². The van der Waals surface area contributed by atoms with Crippen LogP contribution in [0.3, 0.4) is 0 Å². The van der Waals surface area contributed by atoms with Crippen LogP contribution in [0.15, 0.2) is 0 Å². The normalized spacial score (nSPS) is 19.9. The van der Waals surface area contributed by atoms with E-state index in [-0.39, 0.29) is 17.9 Å². The molecule has 0 aliphatic carbocycles. The zero-order valence-corrected chi connectivity index (χ0v) is 10.7. The second kappa shape index (κ2) is 5.62. The minimum absolute atomic E-state index is 0.00608. The molecule has 1 N–H and O–H groups in total. The van der Waals surface area contributed by atoms with Crippen LogP contribution < -0.4 is 5.32 Å². The van der Waals surface area contributed by atoms with Gasteiger partial charge < -0.3 is 5.32 Å². The summed E-state index contributed by atoms with van der Waals surface area (Å²) < 4.78 is 12.7. The highest BCUT2D eigenvalue weighted by Gasteiger charge is 2.29. The number of carbonyl (C=O) groups is 1. The Labute approximate surface area is 97.4 Å². The maximum Gasteiger partial charge on any atom is 0.222 e. The Hall–Kier alpha value is -0.640. The summed E-state index contributed by atoms with van der Waals surface area (Å²) in [4.78, 5) is 13.7. The van der Waals surface area contributed by atoms with Gasteiger partial charge in [0.05, 0.1) is 0 Å². The quantitative estimate of drug-likeness (QED) is 0.775. The van der Waals surface area contributed by atoms with Crippen molar-refractivity contribution in [2.24, 2.45) is 11.8 Å². The van der Waals surface area contributed by atoms with Gasteiger partial charge in [0.1, 0.15) is 6.17 Å². The Balaban J connectivity index is 2.39. The number of halogens is 1. The van der Waals surface area contributed by atoms with E-state index in [2.05, 4.69) is 24.1 Å². The molecular weight excluding hydrogens is 207 g/mol. The first kappa shape index (κ1) is 13.4. The van der Waals surface area contributed by atoms with Gasteiger partial charge in [0.15, 0.2) is 0 Å². The van der Waals surface area contributed by atoms with Gasteiger partial charge in [-0.2, -0.15) is 0 Å².